The van der Waals surface area contributed by atoms with Crippen LogP contribution in [0.1, 0.15) is 29.2 Å². The van der Waals surface area contributed by atoms with Crippen LogP contribution in [0.4, 0.5) is 10.1 Å². The van der Waals surface area contributed by atoms with Crippen LogP contribution in [0.3, 0.4) is 0 Å². The lowest BCUT2D eigenvalue weighted by Gasteiger charge is -2.18. The summed E-state index contributed by atoms with van der Waals surface area (Å²) < 4.78 is 13.9. The van der Waals surface area contributed by atoms with Gasteiger partial charge in [0, 0.05) is 5.69 Å². The second kappa shape index (κ2) is 5.09. The van der Waals surface area contributed by atoms with Gasteiger partial charge in [0.25, 0.3) is 0 Å². The van der Waals surface area contributed by atoms with E-state index in [-0.39, 0.29) is 11.9 Å². The van der Waals surface area contributed by atoms with Crippen molar-refractivity contribution in [1.29, 1.82) is 0 Å². The van der Waals surface area contributed by atoms with Gasteiger partial charge in [0.15, 0.2) is 0 Å². The molecule has 0 fully saturated rings. The van der Waals surface area contributed by atoms with Crippen molar-refractivity contribution in [2.75, 3.05) is 5.32 Å². The number of phenolic OH excluding ortho intramolecular Hbond substituents is 1. The molecule has 2 aromatic rings. The molecule has 1 aliphatic carbocycles. The minimum Gasteiger partial charge on any atom is -0.508 e. The summed E-state index contributed by atoms with van der Waals surface area (Å²) in [5, 5.41) is 13.3. The Morgan fingerprint density at radius 3 is 2.95 bits per heavy atom. The number of rotatable bonds is 2. The molecule has 4 heteroatoms. The molecule has 0 heterocycles. The van der Waals surface area contributed by atoms with Crippen molar-refractivity contribution < 1.29 is 9.50 Å². The Kier molecular flexibility index (Phi) is 3.42. The van der Waals surface area contributed by atoms with E-state index in [2.05, 4.69) is 21.2 Å². The van der Waals surface area contributed by atoms with Crippen molar-refractivity contribution in [3.8, 4) is 5.75 Å². The predicted molar refractivity (Wildman–Crippen MR) is 81.6 cm³/mol. The van der Waals surface area contributed by atoms with E-state index in [1.807, 2.05) is 19.1 Å². The first kappa shape index (κ1) is 13.4. The topological polar surface area (TPSA) is 32.3 Å². The summed E-state index contributed by atoms with van der Waals surface area (Å²) in [4.78, 5) is 0. The highest BCUT2D eigenvalue weighted by Crippen LogP contribution is 2.39. The lowest BCUT2D eigenvalue weighted by molar-refractivity contribution is 0.469. The molecule has 1 unspecified atom stereocenters. The van der Waals surface area contributed by atoms with Gasteiger partial charge in [0.1, 0.15) is 11.6 Å². The fourth-order valence-electron chi connectivity index (χ4n) is 2.77. The first-order chi connectivity index (χ1) is 9.56. The molecular formula is C16H15BrFNO. The lowest BCUT2D eigenvalue weighted by Crippen LogP contribution is -2.08. The van der Waals surface area contributed by atoms with Gasteiger partial charge < -0.3 is 10.4 Å². The number of aryl methyl sites for hydroxylation is 1. The molecule has 0 amide bonds. The van der Waals surface area contributed by atoms with Crippen molar-refractivity contribution in [2.24, 2.45) is 0 Å². The van der Waals surface area contributed by atoms with Gasteiger partial charge in [-0.3, -0.25) is 0 Å². The standard InChI is InChI=1S/C16H15BrFNO/c1-9-7-13(18)12(17)8-15(9)19-14-6-5-11-10(14)3-2-4-16(11)20/h2-4,7-8,14,19-20H,5-6H2,1H3. The Hall–Kier alpha value is -1.55. The number of halogens is 2. The van der Waals surface area contributed by atoms with Crippen LogP contribution in [0.15, 0.2) is 34.8 Å². The van der Waals surface area contributed by atoms with Crippen molar-refractivity contribution in [2.45, 2.75) is 25.8 Å². The van der Waals surface area contributed by atoms with Gasteiger partial charge in [-0.25, -0.2) is 4.39 Å². The number of fused-ring (bicyclic) bond motifs is 1. The molecule has 2 N–H and O–H groups in total. The molecule has 0 saturated heterocycles. The molecule has 1 atom stereocenters. The second-order valence-electron chi connectivity index (χ2n) is 5.16. The van der Waals surface area contributed by atoms with Gasteiger partial charge in [0.2, 0.25) is 0 Å². The highest BCUT2D eigenvalue weighted by atomic mass is 79.9. The van der Waals surface area contributed by atoms with Gasteiger partial charge in [-0.2, -0.15) is 0 Å². The smallest absolute Gasteiger partial charge is 0.137 e. The van der Waals surface area contributed by atoms with Crippen molar-refractivity contribution in [3.63, 3.8) is 0 Å². The van der Waals surface area contributed by atoms with Crippen LogP contribution in [0.2, 0.25) is 0 Å². The maximum atomic E-state index is 13.5. The zero-order chi connectivity index (χ0) is 14.3. The predicted octanol–water partition coefficient (Wildman–Crippen LogP) is 4.70. The first-order valence-electron chi connectivity index (χ1n) is 6.59. The summed E-state index contributed by atoms with van der Waals surface area (Å²) in [6.07, 6.45) is 1.79. The van der Waals surface area contributed by atoms with Crippen LogP contribution < -0.4 is 5.32 Å². The molecular weight excluding hydrogens is 321 g/mol. The molecule has 0 spiro atoms. The number of hydrogen-bond acceptors (Lipinski definition) is 2. The fraction of sp³-hybridized carbons (Fsp3) is 0.250. The Bertz CT molecular complexity index is 672. The monoisotopic (exact) mass is 335 g/mol. The van der Waals surface area contributed by atoms with E-state index in [1.54, 1.807) is 12.1 Å². The van der Waals surface area contributed by atoms with Crippen molar-refractivity contribution >= 4 is 21.6 Å². The quantitative estimate of drug-likeness (QED) is 0.833. The Morgan fingerprint density at radius 1 is 1.35 bits per heavy atom. The van der Waals surface area contributed by atoms with Gasteiger partial charge >= 0.3 is 0 Å². The SMILES string of the molecule is Cc1cc(F)c(Br)cc1NC1CCc2c(O)cccc21. The summed E-state index contributed by atoms with van der Waals surface area (Å²) in [6.45, 7) is 1.89. The van der Waals surface area contributed by atoms with Crippen LogP contribution in [0.25, 0.3) is 0 Å². The molecule has 1 aliphatic rings. The van der Waals surface area contributed by atoms with Gasteiger partial charge in [-0.15, -0.1) is 0 Å². The fourth-order valence-corrected chi connectivity index (χ4v) is 3.12. The zero-order valence-corrected chi connectivity index (χ0v) is 12.7. The average Bonchev–Trinajstić information content (AvgIpc) is 2.81. The van der Waals surface area contributed by atoms with E-state index in [4.69, 9.17) is 0 Å². The second-order valence-corrected chi connectivity index (χ2v) is 6.02. The van der Waals surface area contributed by atoms with E-state index in [9.17, 15) is 9.50 Å². The summed E-state index contributed by atoms with van der Waals surface area (Å²) in [7, 11) is 0. The molecule has 2 aromatic carbocycles. The first-order valence-corrected chi connectivity index (χ1v) is 7.38. The molecule has 3 rings (SSSR count). The molecule has 0 aromatic heterocycles. The number of aromatic hydroxyl groups is 1. The lowest BCUT2D eigenvalue weighted by atomic mass is 10.1. The maximum absolute atomic E-state index is 13.5. The number of phenols is 1. The normalized spacial score (nSPS) is 17.1. The maximum Gasteiger partial charge on any atom is 0.137 e. The minimum absolute atomic E-state index is 0.160. The Balaban J connectivity index is 1.91. The summed E-state index contributed by atoms with van der Waals surface area (Å²) >= 11 is 3.22. The minimum atomic E-state index is -0.252. The number of hydrogen-bond donors (Lipinski definition) is 2. The molecule has 0 aliphatic heterocycles. The van der Waals surface area contributed by atoms with Crippen molar-refractivity contribution in [1.82, 2.24) is 0 Å². The number of benzene rings is 2. The van der Waals surface area contributed by atoms with Crippen LogP contribution in [0.5, 0.6) is 5.75 Å². The third-order valence-corrected chi connectivity index (χ3v) is 4.45. The van der Waals surface area contributed by atoms with E-state index >= 15 is 0 Å². The van der Waals surface area contributed by atoms with Gasteiger partial charge in [0.05, 0.1) is 10.5 Å². The van der Waals surface area contributed by atoms with E-state index in [1.165, 1.54) is 6.07 Å². The Labute approximate surface area is 125 Å². The third-order valence-electron chi connectivity index (χ3n) is 3.84. The van der Waals surface area contributed by atoms with E-state index < -0.39 is 0 Å². The van der Waals surface area contributed by atoms with Crippen LogP contribution in [0, 0.1) is 12.7 Å². The summed E-state index contributed by atoms with van der Waals surface area (Å²) in [5.74, 6) is 0.112. The van der Waals surface area contributed by atoms with Gasteiger partial charge in [-0.05, 0) is 70.6 Å². The summed E-state index contributed by atoms with van der Waals surface area (Å²) in [5.41, 5.74) is 3.94. The Morgan fingerprint density at radius 2 is 2.15 bits per heavy atom. The molecule has 0 bridgehead atoms. The zero-order valence-electron chi connectivity index (χ0n) is 11.1. The molecule has 0 saturated carbocycles. The van der Waals surface area contributed by atoms with Crippen LogP contribution in [-0.4, -0.2) is 5.11 Å². The van der Waals surface area contributed by atoms with Crippen LogP contribution in [-0.2, 0) is 6.42 Å². The van der Waals surface area contributed by atoms with Crippen LogP contribution >= 0.6 is 15.9 Å². The van der Waals surface area contributed by atoms with E-state index in [0.29, 0.717) is 10.2 Å². The number of anilines is 1. The third kappa shape index (κ3) is 2.29. The molecule has 104 valence electrons. The number of nitrogens with one attached hydrogen (secondary N) is 1. The highest BCUT2D eigenvalue weighted by Gasteiger charge is 2.25. The van der Waals surface area contributed by atoms with E-state index in [0.717, 1.165) is 35.2 Å². The molecule has 0 radical (unpaired) electrons. The van der Waals surface area contributed by atoms with Crippen molar-refractivity contribution in [3.05, 3.63) is 57.3 Å². The average molecular weight is 336 g/mol. The molecule has 2 nitrogen and oxygen atoms in total. The molecule has 20 heavy (non-hydrogen) atoms. The van der Waals surface area contributed by atoms with Gasteiger partial charge in [-0.1, -0.05) is 12.1 Å². The largest absolute Gasteiger partial charge is 0.508 e. The summed E-state index contributed by atoms with van der Waals surface area (Å²) in [6, 6.07) is 9.07. The highest BCUT2D eigenvalue weighted by molar-refractivity contribution is 9.10.